The summed E-state index contributed by atoms with van der Waals surface area (Å²) in [7, 11) is 0. The summed E-state index contributed by atoms with van der Waals surface area (Å²) in [6, 6.07) is 3.58. The molecule has 0 bridgehead atoms. The average Bonchev–Trinajstić information content (AvgIpc) is 1.93. The van der Waals surface area contributed by atoms with E-state index < -0.39 is 0 Å². The van der Waals surface area contributed by atoms with Crippen LogP contribution >= 0.6 is 12.4 Å². The summed E-state index contributed by atoms with van der Waals surface area (Å²) in [4.78, 5) is 0. The van der Waals surface area contributed by atoms with Gasteiger partial charge in [-0.3, -0.25) is 0 Å². The van der Waals surface area contributed by atoms with Gasteiger partial charge in [-0.15, -0.1) is 12.4 Å². The molecule has 1 fully saturated rings. The van der Waals surface area contributed by atoms with E-state index in [1.807, 2.05) is 0 Å². The second-order valence-electron chi connectivity index (χ2n) is 2.96. The summed E-state index contributed by atoms with van der Waals surface area (Å²) in [6.45, 7) is 0.890. The molecule has 0 saturated carbocycles. The van der Waals surface area contributed by atoms with Crippen molar-refractivity contribution >= 4 is 12.4 Å². The zero-order valence-electron chi connectivity index (χ0n) is 6.89. The first-order valence-corrected chi connectivity index (χ1v) is 3.96. The number of nitrogens with one attached hydrogen (secondary N) is 1. The third kappa shape index (κ3) is 1.98. The van der Waals surface area contributed by atoms with Gasteiger partial charge >= 0.3 is 0 Å². The maximum atomic E-state index is 13.0. The van der Waals surface area contributed by atoms with Crippen LogP contribution in [0.3, 0.4) is 0 Å². The standard InChI is InChI=1S/C9H9F2N.ClH/c10-6-1-2-8(11)7(5-6)9-3-4-12-9;/h1-2,5,9,12H,3-4H2;1H/t9-;/m0./s1. The molecule has 4 heteroatoms. The highest BCUT2D eigenvalue weighted by Gasteiger charge is 2.21. The summed E-state index contributed by atoms with van der Waals surface area (Å²) < 4.78 is 25.7. The van der Waals surface area contributed by atoms with Crippen molar-refractivity contribution in [1.82, 2.24) is 5.32 Å². The van der Waals surface area contributed by atoms with Crippen molar-refractivity contribution in [3.05, 3.63) is 35.4 Å². The van der Waals surface area contributed by atoms with Crippen molar-refractivity contribution in [1.29, 1.82) is 0 Å². The van der Waals surface area contributed by atoms with Crippen LogP contribution in [0, 0.1) is 11.6 Å². The van der Waals surface area contributed by atoms with Crippen molar-refractivity contribution in [2.45, 2.75) is 12.5 Å². The van der Waals surface area contributed by atoms with Gasteiger partial charge in [-0.25, -0.2) is 8.78 Å². The van der Waals surface area contributed by atoms with Gasteiger partial charge in [-0.05, 0) is 31.2 Å². The molecule has 1 aliphatic heterocycles. The molecule has 1 aromatic rings. The van der Waals surface area contributed by atoms with Gasteiger partial charge in [0.15, 0.2) is 0 Å². The van der Waals surface area contributed by atoms with Gasteiger partial charge < -0.3 is 5.32 Å². The van der Waals surface area contributed by atoms with Crippen molar-refractivity contribution in [3.8, 4) is 0 Å². The zero-order valence-corrected chi connectivity index (χ0v) is 7.70. The number of halogens is 3. The third-order valence-corrected chi connectivity index (χ3v) is 2.16. The fraction of sp³-hybridized carbons (Fsp3) is 0.333. The van der Waals surface area contributed by atoms with Crippen molar-refractivity contribution in [2.75, 3.05) is 6.54 Å². The molecule has 13 heavy (non-hydrogen) atoms. The molecular weight excluding hydrogens is 196 g/mol. The van der Waals surface area contributed by atoms with Crippen molar-refractivity contribution in [3.63, 3.8) is 0 Å². The Bertz CT molecular complexity index is 300. The molecule has 72 valence electrons. The van der Waals surface area contributed by atoms with Gasteiger partial charge in [0.2, 0.25) is 0 Å². The SMILES string of the molecule is Cl.Fc1ccc(F)c([C@@H]2CCN2)c1. The molecule has 1 aliphatic rings. The van der Waals surface area contributed by atoms with Gasteiger partial charge in [-0.2, -0.15) is 0 Å². The van der Waals surface area contributed by atoms with Crippen molar-refractivity contribution < 1.29 is 8.78 Å². The largest absolute Gasteiger partial charge is 0.310 e. The van der Waals surface area contributed by atoms with Gasteiger partial charge in [0.25, 0.3) is 0 Å². The maximum Gasteiger partial charge on any atom is 0.128 e. The van der Waals surface area contributed by atoms with E-state index >= 15 is 0 Å². The predicted molar refractivity (Wildman–Crippen MR) is 49.0 cm³/mol. The second kappa shape index (κ2) is 4.03. The fourth-order valence-electron chi connectivity index (χ4n) is 1.34. The highest BCUT2D eigenvalue weighted by molar-refractivity contribution is 5.85. The molecule has 1 N–H and O–H groups in total. The number of rotatable bonds is 1. The van der Waals surface area contributed by atoms with Gasteiger partial charge in [0.05, 0.1) is 0 Å². The van der Waals surface area contributed by atoms with E-state index in [9.17, 15) is 8.78 Å². The second-order valence-corrected chi connectivity index (χ2v) is 2.96. The van der Waals surface area contributed by atoms with Gasteiger partial charge in [0, 0.05) is 11.6 Å². The first-order chi connectivity index (χ1) is 5.77. The van der Waals surface area contributed by atoms with E-state index in [-0.39, 0.29) is 30.1 Å². The number of benzene rings is 1. The summed E-state index contributed by atoms with van der Waals surface area (Å²) in [5.41, 5.74) is 0.446. The monoisotopic (exact) mass is 205 g/mol. The van der Waals surface area contributed by atoms with Crippen molar-refractivity contribution in [2.24, 2.45) is 0 Å². The molecule has 0 unspecified atom stereocenters. The molecule has 0 spiro atoms. The first-order valence-electron chi connectivity index (χ1n) is 3.96. The van der Waals surface area contributed by atoms with E-state index in [1.165, 1.54) is 12.1 Å². The average molecular weight is 206 g/mol. The summed E-state index contributed by atoms with van der Waals surface area (Å²) in [6.07, 6.45) is 0.889. The van der Waals surface area contributed by atoms with E-state index in [2.05, 4.69) is 5.32 Å². The normalized spacial score (nSPS) is 20.3. The summed E-state index contributed by atoms with van der Waals surface area (Å²) in [5.74, 6) is -0.700. The minimum absolute atomic E-state index is 0. The highest BCUT2D eigenvalue weighted by Crippen LogP contribution is 2.25. The third-order valence-electron chi connectivity index (χ3n) is 2.16. The van der Waals surface area contributed by atoms with E-state index in [0.29, 0.717) is 5.56 Å². The molecular formula is C9H10ClF2N. The van der Waals surface area contributed by atoms with Crippen LogP contribution in [0.1, 0.15) is 18.0 Å². The lowest BCUT2D eigenvalue weighted by molar-refractivity contribution is 0.368. The lowest BCUT2D eigenvalue weighted by Crippen LogP contribution is -2.35. The Kier molecular flexibility index (Phi) is 3.22. The number of hydrogen-bond donors (Lipinski definition) is 1. The quantitative estimate of drug-likeness (QED) is 0.743. The van der Waals surface area contributed by atoms with E-state index in [0.717, 1.165) is 19.0 Å². The van der Waals surface area contributed by atoms with E-state index in [1.54, 1.807) is 0 Å². The van der Waals surface area contributed by atoms with Crippen LogP contribution < -0.4 is 5.32 Å². The Morgan fingerprint density at radius 1 is 1.31 bits per heavy atom. The number of hydrogen-bond acceptors (Lipinski definition) is 1. The van der Waals surface area contributed by atoms with Crippen LogP contribution in [0.2, 0.25) is 0 Å². The maximum absolute atomic E-state index is 13.0. The van der Waals surface area contributed by atoms with Crippen LogP contribution in [0.5, 0.6) is 0 Å². The van der Waals surface area contributed by atoms with Crippen LogP contribution in [-0.2, 0) is 0 Å². The van der Waals surface area contributed by atoms with Crippen LogP contribution in [0.4, 0.5) is 8.78 Å². The van der Waals surface area contributed by atoms with Crippen LogP contribution in [0.25, 0.3) is 0 Å². The lowest BCUT2D eigenvalue weighted by atomic mass is 9.97. The molecule has 0 aliphatic carbocycles. The Morgan fingerprint density at radius 2 is 2.00 bits per heavy atom. The summed E-state index contributed by atoms with van der Waals surface area (Å²) >= 11 is 0. The molecule has 2 rings (SSSR count). The Balaban J connectivity index is 0.000000845. The van der Waals surface area contributed by atoms with Crippen LogP contribution in [0.15, 0.2) is 18.2 Å². The Morgan fingerprint density at radius 3 is 2.54 bits per heavy atom. The summed E-state index contributed by atoms with van der Waals surface area (Å²) in [5, 5.41) is 3.02. The Hall–Kier alpha value is -0.670. The van der Waals surface area contributed by atoms with Crippen LogP contribution in [-0.4, -0.2) is 6.54 Å². The molecule has 0 aromatic heterocycles. The molecule has 0 amide bonds. The minimum Gasteiger partial charge on any atom is -0.310 e. The lowest BCUT2D eigenvalue weighted by Gasteiger charge is -2.28. The molecule has 1 atom stereocenters. The minimum atomic E-state index is -0.375. The molecule has 0 radical (unpaired) electrons. The molecule has 1 aromatic carbocycles. The highest BCUT2D eigenvalue weighted by atomic mass is 35.5. The zero-order chi connectivity index (χ0) is 8.55. The topological polar surface area (TPSA) is 12.0 Å². The fourth-order valence-corrected chi connectivity index (χ4v) is 1.34. The van der Waals surface area contributed by atoms with E-state index in [4.69, 9.17) is 0 Å². The molecule has 1 heterocycles. The van der Waals surface area contributed by atoms with Gasteiger partial charge in [0.1, 0.15) is 11.6 Å². The smallest absolute Gasteiger partial charge is 0.128 e. The van der Waals surface area contributed by atoms with Gasteiger partial charge in [-0.1, -0.05) is 0 Å². The first kappa shape index (κ1) is 10.4. The molecule has 1 saturated heterocycles. The Labute approximate surface area is 81.6 Å². The molecule has 1 nitrogen and oxygen atoms in total. The predicted octanol–water partition coefficient (Wildman–Crippen LogP) is 2.42.